The number of ether oxygens (including phenoxy) is 1. The number of halogens is 1. The molecule has 0 aliphatic carbocycles. The molecule has 172 valence electrons. The average Bonchev–Trinajstić information content (AvgIpc) is 3.30. The molecular formula is C26H27BrN2O3S. The Morgan fingerprint density at radius 2 is 1.97 bits per heavy atom. The molecule has 0 spiro atoms. The molecule has 2 heterocycles. The van der Waals surface area contributed by atoms with Gasteiger partial charge in [-0.25, -0.2) is 0 Å². The van der Waals surface area contributed by atoms with Crippen LogP contribution in [0.2, 0.25) is 0 Å². The van der Waals surface area contributed by atoms with Crippen LogP contribution in [0.4, 0.5) is 0 Å². The second-order valence-electron chi connectivity index (χ2n) is 8.18. The first-order valence-electron chi connectivity index (χ1n) is 10.9. The third-order valence-electron chi connectivity index (χ3n) is 5.93. The number of nitrogens with zero attached hydrogens (tertiary/aromatic N) is 2. The molecule has 1 aromatic heterocycles. The zero-order valence-corrected chi connectivity index (χ0v) is 21.2. The number of carbonyl (C=O) groups excluding carboxylic acids is 2. The van der Waals surface area contributed by atoms with Crippen molar-refractivity contribution in [3.05, 3.63) is 91.6 Å². The molecule has 2 aromatic carbocycles. The number of amides is 2. The van der Waals surface area contributed by atoms with E-state index in [-0.39, 0.29) is 24.4 Å². The summed E-state index contributed by atoms with van der Waals surface area (Å²) in [6.45, 7) is 3.42. The van der Waals surface area contributed by atoms with E-state index >= 15 is 0 Å². The molecule has 2 amide bonds. The number of fused-ring (bicyclic) bond motifs is 1. The number of methoxy groups -OCH3 is 1. The maximum Gasteiger partial charge on any atom is 0.254 e. The fourth-order valence-corrected chi connectivity index (χ4v) is 5.51. The summed E-state index contributed by atoms with van der Waals surface area (Å²) in [7, 11) is 1.60. The molecule has 3 aromatic rings. The predicted octanol–water partition coefficient (Wildman–Crippen LogP) is 5.08. The summed E-state index contributed by atoms with van der Waals surface area (Å²) in [5, 5.41) is 2.10. The summed E-state index contributed by atoms with van der Waals surface area (Å²) in [5.41, 5.74) is 4.01. The lowest BCUT2D eigenvalue weighted by atomic mass is 9.92. The molecule has 0 bridgehead atoms. The average molecular weight is 527 g/mol. The first kappa shape index (κ1) is 23.7. The van der Waals surface area contributed by atoms with Gasteiger partial charge in [0.2, 0.25) is 5.91 Å². The SMILES string of the molecule is COCCN(CC(=O)N1CCc2sccc2C1c1ccc(C)cc1)C(=O)c1cccc(Br)c1. The molecule has 1 unspecified atom stereocenters. The lowest BCUT2D eigenvalue weighted by Gasteiger charge is -2.37. The first-order valence-corrected chi connectivity index (χ1v) is 12.6. The number of aryl methyl sites for hydroxylation is 1. The Kier molecular flexibility index (Phi) is 7.63. The van der Waals surface area contributed by atoms with E-state index < -0.39 is 0 Å². The van der Waals surface area contributed by atoms with Crippen molar-refractivity contribution in [2.75, 3.05) is 33.4 Å². The van der Waals surface area contributed by atoms with Crippen LogP contribution in [-0.4, -0.2) is 55.0 Å². The first-order chi connectivity index (χ1) is 16.0. The Morgan fingerprint density at radius 1 is 1.18 bits per heavy atom. The minimum atomic E-state index is -0.179. The van der Waals surface area contributed by atoms with Gasteiger partial charge in [0.1, 0.15) is 6.54 Å². The van der Waals surface area contributed by atoms with Gasteiger partial charge in [-0.2, -0.15) is 0 Å². The second kappa shape index (κ2) is 10.6. The summed E-state index contributed by atoms with van der Waals surface area (Å²) >= 11 is 5.17. The van der Waals surface area contributed by atoms with Gasteiger partial charge in [0.25, 0.3) is 5.91 Å². The van der Waals surface area contributed by atoms with Crippen molar-refractivity contribution in [3.63, 3.8) is 0 Å². The van der Waals surface area contributed by atoms with Gasteiger partial charge in [-0.15, -0.1) is 11.3 Å². The highest BCUT2D eigenvalue weighted by Crippen LogP contribution is 2.38. The maximum absolute atomic E-state index is 13.6. The number of benzene rings is 2. The summed E-state index contributed by atoms with van der Waals surface area (Å²) in [5.74, 6) is -0.237. The van der Waals surface area contributed by atoms with Crippen molar-refractivity contribution < 1.29 is 14.3 Å². The van der Waals surface area contributed by atoms with E-state index in [2.05, 4.69) is 58.6 Å². The smallest absolute Gasteiger partial charge is 0.254 e. The summed E-state index contributed by atoms with van der Waals surface area (Å²) in [4.78, 5) is 31.7. The predicted molar refractivity (Wildman–Crippen MR) is 135 cm³/mol. The number of thiophene rings is 1. The van der Waals surface area contributed by atoms with Gasteiger partial charge in [-0.1, -0.05) is 51.8 Å². The van der Waals surface area contributed by atoms with E-state index in [9.17, 15) is 9.59 Å². The van der Waals surface area contributed by atoms with Gasteiger partial charge >= 0.3 is 0 Å². The number of rotatable bonds is 7. The van der Waals surface area contributed by atoms with Crippen molar-refractivity contribution in [2.24, 2.45) is 0 Å². The zero-order chi connectivity index (χ0) is 23.4. The van der Waals surface area contributed by atoms with E-state index in [4.69, 9.17) is 4.74 Å². The van der Waals surface area contributed by atoms with Gasteiger partial charge in [-0.3, -0.25) is 9.59 Å². The Labute approximate surface area is 207 Å². The fourth-order valence-electron chi connectivity index (χ4n) is 4.21. The molecule has 0 fully saturated rings. The van der Waals surface area contributed by atoms with Crippen molar-refractivity contribution in [3.8, 4) is 0 Å². The van der Waals surface area contributed by atoms with Crippen LogP contribution in [0.5, 0.6) is 0 Å². The highest BCUT2D eigenvalue weighted by molar-refractivity contribution is 9.10. The lowest BCUT2D eigenvalue weighted by molar-refractivity contribution is -0.134. The van der Waals surface area contributed by atoms with E-state index in [0.717, 1.165) is 16.5 Å². The van der Waals surface area contributed by atoms with Crippen molar-refractivity contribution >= 4 is 39.1 Å². The minimum absolute atomic E-state index is 0.0105. The monoisotopic (exact) mass is 526 g/mol. The van der Waals surface area contributed by atoms with Crippen LogP contribution in [0.25, 0.3) is 0 Å². The lowest BCUT2D eigenvalue weighted by Crippen LogP contribution is -2.47. The van der Waals surface area contributed by atoms with Crippen LogP contribution >= 0.6 is 27.3 Å². The van der Waals surface area contributed by atoms with Gasteiger partial charge < -0.3 is 14.5 Å². The van der Waals surface area contributed by atoms with Gasteiger partial charge in [0.15, 0.2) is 0 Å². The van der Waals surface area contributed by atoms with Gasteiger partial charge in [0.05, 0.1) is 12.6 Å². The van der Waals surface area contributed by atoms with Crippen molar-refractivity contribution in [2.45, 2.75) is 19.4 Å². The number of carbonyl (C=O) groups is 2. The minimum Gasteiger partial charge on any atom is -0.383 e. The molecule has 0 saturated carbocycles. The normalized spacial score (nSPS) is 15.2. The van der Waals surface area contributed by atoms with Gasteiger partial charge in [0, 0.05) is 35.1 Å². The molecule has 1 aliphatic rings. The van der Waals surface area contributed by atoms with Crippen molar-refractivity contribution in [1.29, 1.82) is 0 Å². The molecule has 5 nitrogen and oxygen atoms in total. The van der Waals surface area contributed by atoms with Crippen LogP contribution in [0, 0.1) is 6.92 Å². The highest BCUT2D eigenvalue weighted by atomic mass is 79.9. The Hall–Kier alpha value is -2.48. The van der Waals surface area contributed by atoms with Crippen LogP contribution in [0.15, 0.2) is 64.5 Å². The van der Waals surface area contributed by atoms with Crippen LogP contribution in [0.1, 0.15) is 38.0 Å². The maximum atomic E-state index is 13.6. The summed E-state index contributed by atoms with van der Waals surface area (Å²) < 4.78 is 6.05. The molecular weight excluding hydrogens is 500 g/mol. The Morgan fingerprint density at radius 3 is 2.70 bits per heavy atom. The molecule has 33 heavy (non-hydrogen) atoms. The second-order valence-corrected chi connectivity index (χ2v) is 10.1. The standard InChI is InChI=1S/C26H27BrN2O3S/c1-18-6-8-19(9-7-18)25-22-11-15-33-23(22)10-12-29(25)24(30)17-28(13-14-32-2)26(31)20-4-3-5-21(27)16-20/h3-9,11,15-16,25H,10,12-14,17H2,1-2H3. The van der Waals surface area contributed by atoms with E-state index in [1.165, 1.54) is 16.0 Å². The van der Waals surface area contributed by atoms with Crippen molar-refractivity contribution in [1.82, 2.24) is 9.80 Å². The van der Waals surface area contributed by atoms with Crippen LogP contribution in [-0.2, 0) is 16.0 Å². The third kappa shape index (κ3) is 5.37. The fraction of sp³-hybridized carbons (Fsp3) is 0.308. The van der Waals surface area contributed by atoms with Crippen LogP contribution in [0.3, 0.4) is 0 Å². The molecule has 7 heteroatoms. The Balaban J connectivity index is 1.61. The molecule has 0 radical (unpaired) electrons. The Bertz CT molecular complexity index is 1130. The molecule has 1 atom stereocenters. The summed E-state index contributed by atoms with van der Waals surface area (Å²) in [6.07, 6.45) is 0.832. The van der Waals surface area contributed by atoms with Crippen LogP contribution < -0.4 is 0 Å². The molecule has 0 saturated heterocycles. The summed E-state index contributed by atoms with van der Waals surface area (Å²) in [6, 6.07) is 17.6. The molecule has 1 aliphatic heterocycles. The molecule has 0 N–H and O–H groups in total. The number of hydrogen-bond donors (Lipinski definition) is 0. The topological polar surface area (TPSA) is 49.9 Å². The highest BCUT2D eigenvalue weighted by Gasteiger charge is 2.34. The zero-order valence-electron chi connectivity index (χ0n) is 18.8. The van der Waals surface area contributed by atoms with E-state index in [0.29, 0.717) is 25.3 Å². The van der Waals surface area contributed by atoms with Gasteiger partial charge in [-0.05, 0) is 54.1 Å². The largest absolute Gasteiger partial charge is 0.383 e. The quantitative estimate of drug-likeness (QED) is 0.431. The van der Waals surface area contributed by atoms with E-state index in [1.54, 1.807) is 35.5 Å². The molecule has 4 rings (SSSR count). The van der Waals surface area contributed by atoms with E-state index in [1.807, 2.05) is 17.0 Å². The number of hydrogen-bond acceptors (Lipinski definition) is 4. The third-order valence-corrected chi connectivity index (χ3v) is 7.42.